The van der Waals surface area contributed by atoms with Crippen molar-refractivity contribution in [2.24, 2.45) is 5.92 Å². The fourth-order valence-electron chi connectivity index (χ4n) is 3.96. The average molecular weight is 451 g/mol. The maximum absolute atomic E-state index is 11.9. The van der Waals surface area contributed by atoms with Crippen molar-refractivity contribution < 1.29 is 9.53 Å². The van der Waals surface area contributed by atoms with Gasteiger partial charge in [0.15, 0.2) is 12.3 Å². The van der Waals surface area contributed by atoms with Crippen LogP contribution >= 0.6 is 0 Å². The summed E-state index contributed by atoms with van der Waals surface area (Å²) >= 11 is 0. The van der Waals surface area contributed by atoms with Gasteiger partial charge < -0.3 is 25.3 Å². The number of aryl methyl sites for hydroxylation is 1. The van der Waals surface area contributed by atoms with Gasteiger partial charge in [0.05, 0.1) is 5.69 Å². The number of nitrogens with one attached hydrogen (secondary N) is 3. The second-order valence-corrected chi connectivity index (χ2v) is 9.33. The summed E-state index contributed by atoms with van der Waals surface area (Å²) in [5.41, 5.74) is 4.77. The number of rotatable bonds is 8. The molecule has 4 rings (SSSR count). The second-order valence-electron chi connectivity index (χ2n) is 9.33. The fourth-order valence-corrected chi connectivity index (χ4v) is 3.96. The SMILES string of the molecule is Cc1cnc2nc(-c3ccc(OCC(=O)NCC(C)C)cc3)[nH]c2c1NC1CCN(C)CC1. The Labute approximate surface area is 195 Å². The van der Waals surface area contributed by atoms with E-state index in [1.807, 2.05) is 30.5 Å². The van der Waals surface area contributed by atoms with E-state index in [1.165, 1.54) is 0 Å². The van der Waals surface area contributed by atoms with Gasteiger partial charge in [-0.2, -0.15) is 0 Å². The molecule has 3 heterocycles. The maximum Gasteiger partial charge on any atom is 0.257 e. The third-order valence-corrected chi connectivity index (χ3v) is 5.98. The van der Waals surface area contributed by atoms with E-state index >= 15 is 0 Å². The van der Waals surface area contributed by atoms with E-state index < -0.39 is 0 Å². The number of benzene rings is 1. The van der Waals surface area contributed by atoms with Crippen LogP contribution in [0, 0.1) is 12.8 Å². The lowest BCUT2D eigenvalue weighted by Gasteiger charge is -2.30. The topological polar surface area (TPSA) is 95.2 Å². The van der Waals surface area contributed by atoms with Gasteiger partial charge in [0.25, 0.3) is 5.91 Å². The second kappa shape index (κ2) is 10.2. The molecule has 0 radical (unpaired) electrons. The number of H-pyrrole nitrogens is 1. The van der Waals surface area contributed by atoms with Gasteiger partial charge in [-0.25, -0.2) is 9.97 Å². The molecule has 1 amide bonds. The monoisotopic (exact) mass is 450 g/mol. The summed E-state index contributed by atoms with van der Waals surface area (Å²) in [6, 6.07) is 8.04. The number of nitrogens with zero attached hydrogens (tertiary/aromatic N) is 3. The van der Waals surface area contributed by atoms with E-state index in [0.29, 0.717) is 29.9 Å². The first-order valence-corrected chi connectivity index (χ1v) is 11.7. The summed E-state index contributed by atoms with van der Waals surface area (Å²) in [6.45, 7) is 9.06. The summed E-state index contributed by atoms with van der Waals surface area (Å²) in [4.78, 5) is 26.9. The minimum Gasteiger partial charge on any atom is -0.484 e. The molecular formula is C25H34N6O2. The highest BCUT2D eigenvalue weighted by Crippen LogP contribution is 2.29. The van der Waals surface area contributed by atoms with Crippen molar-refractivity contribution in [2.45, 2.75) is 39.7 Å². The van der Waals surface area contributed by atoms with Crippen LogP contribution in [0.15, 0.2) is 30.5 Å². The summed E-state index contributed by atoms with van der Waals surface area (Å²) < 4.78 is 5.61. The maximum atomic E-state index is 11.9. The van der Waals surface area contributed by atoms with Crippen molar-refractivity contribution in [1.29, 1.82) is 0 Å². The first-order chi connectivity index (χ1) is 15.9. The Morgan fingerprint density at radius 1 is 1.24 bits per heavy atom. The first-order valence-electron chi connectivity index (χ1n) is 11.7. The number of aromatic nitrogens is 3. The van der Waals surface area contributed by atoms with Gasteiger partial charge >= 0.3 is 0 Å². The number of fused-ring (bicyclic) bond motifs is 1. The third-order valence-electron chi connectivity index (χ3n) is 5.98. The minimum absolute atomic E-state index is 0.00584. The van der Waals surface area contributed by atoms with Crippen molar-refractivity contribution in [3.63, 3.8) is 0 Å². The molecule has 0 spiro atoms. The number of hydrogen-bond donors (Lipinski definition) is 3. The molecule has 3 N–H and O–H groups in total. The van der Waals surface area contributed by atoms with E-state index in [1.54, 1.807) is 0 Å². The largest absolute Gasteiger partial charge is 0.484 e. The van der Waals surface area contributed by atoms with Crippen molar-refractivity contribution in [3.8, 4) is 17.1 Å². The van der Waals surface area contributed by atoms with Crippen molar-refractivity contribution in [2.75, 3.05) is 38.6 Å². The Kier molecular flexibility index (Phi) is 7.13. The number of carbonyl (C=O) groups is 1. The van der Waals surface area contributed by atoms with E-state index in [4.69, 9.17) is 9.72 Å². The number of piperidine rings is 1. The highest BCUT2D eigenvalue weighted by molar-refractivity contribution is 5.89. The molecule has 2 aromatic heterocycles. The zero-order chi connectivity index (χ0) is 23.4. The van der Waals surface area contributed by atoms with Crippen LogP contribution in [0.5, 0.6) is 5.75 Å². The zero-order valence-electron chi connectivity index (χ0n) is 19.9. The molecule has 1 aliphatic heterocycles. The van der Waals surface area contributed by atoms with Gasteiger partial charge in [-0.3, -0.25) is 4.79 Å². The van der Waals surface area contributed by atoms with Crippen LogP contribution in [0.25, 0.3) is 22.6 Å². The number of hydrogen-bond acceptors (Lipinski definition) is 6. The zero-order valence-corrected chi connectivity index (χ0v) is 19.9. The number of pyridine rings is 1. The standard InChI is InChI=1S/C25H34N6O2/c1-16(2)13-26-21(32)15-33-20-7-5-18(6-8-20)24-29-23-22(17(3)14-27-25(23)30-24)28-19-9-11-31(4)12-10-19/h5-8,14,16,19H,9-13,15H2,1-4H3,(H,26,32)(H2,27,28,29,30). The number of imidazole rings is 1. The Hall–Kier alpha value is -3.13. The van der Waals surface area contributed by atoms with Gasteiger partial charge in [-0.15, -0.1) is 0 Å². The van der Waals surface area contributed by atoms with E-state index in [2.05, 4.69) is 53.3 Å². The van der Waals surface area contributed by atoms with Crippen LogP contribution in [-0.2, 0) is 4.79 Å². The Morgan fingerprint density at radius 3 is 2.67 bits per heavy atom. The molecule has 33 heavy (non-hydrogen) atoms. The van der Waals surface area contributed by atoms with Crippen molar-refractivity contribution >= 4 is 22.8 Å². The predicted octanol–water partition coefficient (Wildman–Crippen LogP) is 3.59. The molecular weight excluding hydrogens is 416 g/mol. The normalized spacial score (nSPS) is 15.2. The van der Waals surface area contributed by atoms with Crippen LogP contribution in [-0.4, -0.2) is 65.1 Å². The molecule has 0 atom stereocenters. The Balaban J connectivity index is 1.45. The number of ether oxygens (including phenoxy) is 1. The molecule has 0 unspecified atom stereocenters. The van der Waals surface area contributed by atoms with Gasteiger partial charge in [0.2, 0.25) is 0 Å². The number of likely N-dealkylation sites (tertiary alicyclic amines) is 1. The van der Waals surface area contributed by atoms with E-state index in [9.17, 15) is 4.79 Å². The molecule has 176 valence electrons. The molecule has 1 aliphatic rings. The number of amides is 1. The van der Waals surface area contributed by atoms with E-state index in [-0.39, 0.29) is 12.5 Å². The number of anilines is 1. The van der Waals surface area contributed by atoms with Gasteiger partial charge in [0.1, 0.15) is 17.1 Å². The molecule has 1 aromatic carbocycles. The summed E-state index contributed by atoms with van der Waals surface area (Å²) in [5.74, 6) is 1.70. The van der Waals surface area contributed by atoms with Crippen LogP contribution < -0.4 is 15.4 Å². The molecule has 1 saturated heterocycles. The Morgan fingerprint density at radius 2 is 1.97 bits per heavy atom. The molecule has 1 fully saturated rings. The lowest BCUT2D eigenvalue weighted by Crippen LogP contribution is -2.36. The fraction of sp³-hybridized carbons (Fsp3) is 0.480. The van der Waals surface area contributed by atoms with Crippen molar-refractivity contribution in [3.05, 3.63) is 36.0 Å². The van der Waals surface area contributed by atoms with E-state index in [0.717, 1.165) is 54.1 Å². The number of carbonyl (C=O) groups excluding carboxylic acids is 1. The molecule has 3 aromatic rings. The minimum atomic E-state index is -0.115. The third kappa shape index (κ3) is 5.82. The highest BCUT2D eigenvalue weighted by Gasteiger charge is 2.19. The molecule has 0 aliphatic carbocycles. The molecule has 0 saturated carbocycles. The van der Waals surface area contributed by atoms with Gasteiger partial charge in [0, 0.05) is 24.3 Å². The lowest BCUT2D eigenvalue weighted by molar-refractivity contribution is -0.123. The van der Waals surface area contributed by atoms with Crippen LogP contribution in [0.4, 0.5) is 5.69 Å². The lowest BCUT2D eigenvalue weighted by atomic mass is 10.0. The Bertz CT molecular complexity index is 1080. The smallest absolute Gasteiger partial charge is 0.257 e. The average Bonchev–Trinajstić information content (AvgIpc) is 3.24. The molecule has 0 bridgehead atoms. The van der Waals surface area contributed by atoms with Crippen molar-refractivity contribution in [1.82, 2.24) is 25.2 Å². The molecule has 8 nitrogen and oxygen atoms in total. The number of aromatic amines is 1. The molecule has 8 heteroatoms. The van der Waals surface area contributed by atoms with Crippen LogP contribution in [0.3, 0.4) is 0 Å². The quantitative estimate of drug-likeness (QED) is 0.485. The highest BCUT2D eigenvalue weighted by atomic mass is 16.5. The first kappa shape index (κ1) is 23.0. The van der Waals surface area contributed by atoms with Gasteiger partial charge in [-0.05, 0) is 75.6 Å². The van der Waals surface area contributed by atoms with Gasteiger partial charge in [-0.1, -0.05) is 13.8 Å². The van der Waals surface area contributed by atoms with Crippen LogP contribution in [0.1, 0.15) is 32.3 Å². The summed E-state index contributed by atoms with van der Waals surface area (Å²) in [6.07, 6.45) is 4.13. The summed E-state index contributed by atoms with van der Waals surface area (Å²) in [5, 5.41) is 6.59. The summed E-state index contributed by atoms with van der Waals surface area (Å²) in [7, 11) is 2.17. The van der Waals surface area contributed by atoms with Crippen LogP contribution in [0.2, 0.25) is 0 Å². The predicted molar refractivity (Wildman–Crippen MR) is 132 cm³/mol.